The molecule has 6 nitrogen and oxygen atoms in total. The van der Waals surface area contributed by atoms with Gasteiger partial charge in [0.2, 0.25) is 0 Å². The molecule has 2 aromatic rings. The molecule has 2 rings (SSSR count). The van der Waals surface area contributed by atoms with E-state index in [1.165, 1.54) is 10.9 Å². The molecule has 0 bridgehead atoms. The molecule has 2 aromatic heterocycles. The van der Waals surface area contributed by atoms with Crippen LogP contribution in [0.3, 0.4) is 0 Å². The summed E-state index contributed by atoms with van der Waals surface area (Å²) < 4.78 is 3.11. The highest BCUT2D eigenvalue weighted by Gasteiger charge is 2.18. The van der Waals surface area contributed by atoms with Crippen molar-refractivity contribution in [2.45, 2.75) is 25.8 Å². The quantitative estimate of drug-likeness (QED) is 0.860. The predicted octanol–water partition coefficient (Wildman–Crippen LogP) is 0.979. The number of fused-ring (bicyclic) bond motifs is 1. The molecule has 7 heteroatoms. The third-order valence-corrected chi connectivity index (χ3v) is 4.08. The molecule has 0 aliphatic heterocycles. The Balaban J connectivity index is 2.53. The van der Waals surface area contributed by atoms with Gasteiger partial charge in [-0.2, -0.15) is 16.9 Å². The van der Waals surface area contributed by atoms with Crippen LogP contribution in [-0.4, -0.2) is 43.1 Å². The highest BCUT2D eigenvalue weighted by molar-refractivity contribution is 7.98. The van der Waals surface area contributed by atoms with Crippen molar-refractivity contribution in [3.05, 3.63) is 22.4 Å². The minimum Gasteiger partial charge on any atom is -0.394 e. The number of aliphatic hydroxyl groups is 1. The van der Waals surface area contributed by atoms with Crippen molar-refractivity contribution in [1.29, 1.82) is 0 Å². The first kappa shape index (κ1) is 15.1. The van der Waals surface area contributed by atoms with Crippen LogP contribution in [0.1, 0.15) is 25.1 Å². The number of thioether (sulfide) groups is 1. The molecule has 0 saturated carbocycles. The first-order valence-electron chi connectivity index (χ1n) is 6.66. The fourth-order valence-corrected chi connectivity index (χ4v) is 2.82. The number of hydrogen-bond donors (Lipinski definition) is 1. The number of aromatic nitrogens is 4. The summed E-state index contributed by atoms with van der Waals surface area (Å²) in [6.07, 6.45) is 5.02. The SMILES string of the molecule is CCc1nn(C)c2c(=O)n([C@H](CO)CCSC)cnc12. The van der Waals surface area contributed by atoms with Crippen LogP contribution < -0.4 is 5.56 Å². The van der Waals surface area contributed by atoms with E-state index in [2.05, 4.69) is 10.1 Å². The molecule has 110 valence electrons. The van der Waals surface area contributed by atoms with E-state index in [-0.39, 0.29) is 18.2 Å². The second kappa shape index (κ2) is 6.41. The summed E-state index contributed by atoms with van der Waals surface area (Å²) in [6, 6.07) is -0.230. The zero-order valence-electron chi connectivity index (χ0n) is 12.0. The van der Waals surface area contributed by atoms with E-state index in [1.54, 1.807) is 23.5 Å². The van der Waals surface area contributed by atoms with E-state index in [4.69, 9.17) is 0 Å². The van der Waals surface area contributed by atoms with E-state index >= 15 is 0 Å². The largest absolute Gasteiger partial charge is 0.394 e. The fourth-order valence-electron chi connectivity index (χ4n) is 2.31. The zero-order valence-corrected chi connectivity index (χ0v) is 12.9. The van der Waals surface area contributed by atoms with Gasteiger partial charge in [-0.05, 0) is 24.9 Å². The number of rotatable bonds is 6. The molecule has 1 atom stereocenters. The second-order valence-electron chi connectivity index (χ2n) is 4.70. The van der Waals surface area contributed by atoms with Crippen LogP contribution in [0.25, 0.3) is 11.0 Å². The Morgan fingerprint density at radius 1 is 1.50 bits per heavy atom. The van der Waals surface area contributed by atoms with Crippen molar-refractivity contribution >= 4 is 22.8 Å². The van der Waals surface area contributed by atoms with Crippen LogP contribution in [0.2, 0.25) is 0 Å². The Morgan fingerprint density at radius 2 is 2.25 bits per heavy atom. The van der Waals surface area contributed by atoms with E-state index in [0.717, 1.165) is 24.3 Å². The average Bonchev–Trinajstić information content (AvgIpc) is 2.78. The lowest BCUT2D eigenvalue weighted by Gasteiger charge is -2.16. The van der Waals surface area contributed by atoms with Crippen LogP contribution in [0.15, 0.2) is 11.1 Å². The zero-order chi connectivity index (χ0) is 14.7. The maximum absolute atomic E-state index is 12.6. The van der Waals surface area contributed by atoms with Crippen LogP contribution in [0.5, 0.6) is 0 Å². The Bertz CT molecular complexity index is 650. The van der Waals surface area contributed by atoms with Gasteiger partial charge in [0.25, 0.3) is 5.56 Å². The smallest absolute Gasteiger partial charge is 0.279 e. The summed E-state index contributed by atoms with van der Waals surface area (Å²) >= 11 is 1.70. The van der Waals surface area contributed by atoms with Crippen molar-refractivity contribution in [2.24, 2.45) is 7.05 Å². The molecule has 0 spiro atoms. The third kappa shape index (κ3) is 2.60. The van der Waals surface area contributed by atoms with Gasteiger partial charge in [-0.25, -0.2) is 4.98 Å². The van der Waals surface area contributed by atoms with Gasteiger partial charge in [0.15, 0.2) is 5.52 Å². The van der Waals surface area contributed by atoms with Gasteiger partial charge < -0.3 is 5.11 Å². The molecule has 0 radical (unpaired) electrons. The van der Waals surface area contributed by atoms with Gasteiger partial charge in [0, 0.05) is 7.05 Å². The van der Waals surface area contributed by atoms with Crippen LogP contribution >= 0.6 is 11.8 Å². The lowest BCUT2D eigenvalue weighted by atomic mass is 10.2. The van der Waals surface area contributed by atoms with Gasteiger partial charge in [-0.3, -0.25) is 14.0 Å². The number of aryl methyl sites for hydroxylation is 2. The van der Waals surface area contributed by atoms with Crippen molar-refractivity contribution in [1.82, 2.24) is 19.3 Å². The number of hydrogen-bond acceptors (Lipinski definition) is 5. The van der Waals surface area contributed by atoms with Crippen molar-refractivity contribution < 1.29 is 5.11 Å². The molecule has 0 aliphatic rings. The van der Waals surface area contributed by atoms with Gasteiger partial charge >= 0.3 is 0 Å². The van der Waals surface area contributed by atoms with Gasteiger partial charge in [-0.15, -0.1) is 0 Å². The maximum atomic E-state index is 12.6. The lowest BCUT2D eigenvalue weighted by molar-refractivity contribution is 0.222. The summed E-state index contributed by atoms with van der Waals surface area (Å²) in [5.74, 6) is 0.890. The average molecular weight is 296 g/mol. The molecule has 0 amide bonds. The molecular weight excluding hydrogens is 276 g/mol. The molecule has 0 saturated heterocycles. The second-order valence-corrected chi connectivity index (χ2v) is 5.68. The summed E-state index contributed by atoms with van der Waals surface area (Å²) in [7, 11) is 1.75. The highest BCUT2D eigenvalue weighted by atomic mass is 32.2. The molecule has 0 aliphatic carbocycles. The Morgan fingerprint density at radius 3 is 2.85 bits per heavy atom. The van der Waals surface area contributed by atoms with Gasteiger partial charge in [0.05, 0.1) is 24.7 Å². The minimum absolute atomic E-state index is 0.0634. The van der Waals surface area contributed by atoms with E-state index in [9.17, 15) is 9.90 Å². The van der Waals surface area contributed by atoms with Crippen molar-refractivity contribution in [3.63, 3.8) is 0 Å². The molecule has 2 heterocycles. The Hall–Kier alpha value is -1.34. The first-order chi connectivity index (χ1) is 9.63. The summed E-state index contributed by atoms with van der Waals surface area (Å²) in [4.78, 5) is 17.0. The van der Waals surface area contributed by atoms with Crippen LogP contribution in [0.4, 0.5) is 0 Å². The maximum Gasteiger partial charge on any atom is 0.279 e. The molecule has 0 aromatic carbocycles. The van der Waals surface area contributed by atoms with E-state index in [1.807, 2.05) is 13.2 Å². The monoisotopic (exact) mass is 296 g/mol. The van der Waals surface area contributed by atoms with Gasteiger partial charge in [-0.1, -0.05) is 6.92 Å². The van der Waals surface area contributed by atoms with E-state index in [0.29, 0.717) is 11.0 Å². The van der Waals surface area contributed by atoms with E-state index < -0.39 is 0 Å². The van der Waals surface area contributed by atoms with Crippen molar-refractivity contribution in [2.75, 3.05) is 18.6 Å². The van der Waals surface area contributed by atoms with Crippen molar-refractivity contribution in [3.8, 4) is 0 Å². The predicted molar refractivity (Wildman–Crippen MR) is 81.3 cm³/mol. The molecule has 1 N–H and O–H groups in total. The topological polar surface area (TPSA) is 72.9 Å². The number of nitrogens with zero attached hydrogens (tertiary/aromatic N) is 4. The van der Waals surface area contributed by atoms with Gasteiger partial charge in [0.1, 0.15) is 5.52 Å². The third-order valence-electron chi connectivity index (χ3n) is 3.43. The summed E-state index contributed by atoms with van der Waals surface area (Å²) in [5, 5.41) is 13.8. The normalized spacial score (nSPS) is 13.0. The Labute approximate surface area is 121 Å². The fraction of sp³-hybridized carbons (Fsp3) is 0.615. The minimum atomic E-state index is -0.230. The van der Waals surface area contributed by atoms with Crippen LogP contribution in [0, 0.1) is 0 Å². The lowest BCUT2D eigenvalue weighted by Crippen LogP contribution is -2.28. The Kier molecular flexibility index (Phi) is 4.82. The van der Waals surface area contributed by atoms with Crippen LogP contribution in [-0.2, 0) is 13.5 Å². The first-order valence-corrected chi connectivity index (χ1v) is 8.05. The molecule has 0 unspecified atom stereocenters. The molecular formula is C13H20N4O2S. The standard InChI is InChI=1S/C13H20N4O2S/c1-4-10-11-12(16(2)15-10)13(19)17(8-14-11)9(7-18)5-6-20-3/h8-9,18H,4-7H2,1-3H3/t9-/m0/s1. The molecule has 0 fully saturated rings. The summed E-state index contributed by atoms with van der Waals surface area (Å²) in [6.45, 7) is 1.93. The molecule has 20 heavy (non-hydrogen) atoms. The highest BCUT2D eigenvalue weighted by Crippen LogP contribution is 2.15. The number of aliphatic hydroxyl groups excluding tert-OH is 1. The summed E-state index contributed by atoms with van der Waals surface area (Å²) in [5.41, 5.74) is 1.87.